The zero-order chi connectivity index (χ0) is 46.4. The van der Waals surface area contributed by atoms with Crippen LogP contribution in [0.1, 0.15) is 291 Å². The van der Waals surface area contributed by atoms with Gasteiger partial charge in [0.25, 0.3) is 0 Å². The van der Waals surface area contributed by atoms with E-state index in [1.165, 1.54) is 205 Å². The Morgan fingerprint density at radius 1 is 0.415 bits per heavy atom. The fraction of sp³-hybridized carbons (Fsp3) is 0.786. The molecule has 0 fully saturated rings. The molecule has 1 aromatic rings. The molecule has 0 radical (unpaired) electrons. The van der Waals surface area contributed by atoms with E-state index in [2.05, 4.69) is 38.2 Å². The van der Waals surface area contributed by atoms with Crippen LogP contribution in [0, 0.1) is 0 Å². The number of carbonyl (C=O) groups is 2. The third kappa shape index (κ3) is 40.2. The largest absolute Gasteiger partial charge is 1.00 e. The van der Waals surface area contributed by atoms with Crippen LogP contribution in [0.5, 0.6) is 0 Å². The minimum atomic E-state index is -4.82. The standard InChI is InChI=1S/C56H98O7S.Na/c1-3-5-7-9-11-13-15-17-19-21-23-25-27-29-31-33-35-37-39-41-43-45-49-62-55(57)53-48-47-52(64(59,60)61)51-54(53)56(58)63-50-46-44-42-40-38-36-34-32-30-28-26-24-22-20-18-16-14-12-10-8-6-4-2;/h5-8,47-48,51H,3-4,9-46,49-50H2,1-2H3,(H,59,60,61);/q;+1/p-1/b7-5+,8-6+;. The van der Waals surface area contributed by atoms with E-state index in [-0.39, 0.29) is 53.9 Å². The first-order chi connectivity index (χ1) is 31.3. The molecule has 65 heavy (non-hydrogen) atoms. The Hall–Kier alpha value is -1.45. The Morgan fingerprint density at radius 3 is 0.954 bits per heavy atom. The maximum absolute atomic E-state index is 13.0. The van der Waals surface area contributed by atoms with Crippen LogP contribution >= 0.6 is 0 Å². The van der Waals surface area contributed by atoms with Crippen molar-refractivity contribution < 1.29 is 61.6 Å². The number of hydrogen-bond acceptors (Lipinski definition) is 7. The van der Waals surface area contributed by atoms with Crippen LogP contribution in [-0.4, -0.2) is 38.1 Å². The average Bonchev–Trinajstić information content (AvgIpc) is 3.28. The summed E-state index contributed by atoms with van der Waals surface area (Å²) in [5, 5.41) is 0. The molecule has 0 aliphatic heterocycles. The van der Waals surface area contributed by atoms with E-state index in [1.54, 1.807) is 0 Å². The molecule has 0 aliphatic rings. The van der Waals surface area contributed by atoms with Crippen LogP contribution in [0.2, 0.25) is 0 Å². The van der Waals surface area contributed by atoms with Crippen molar-refractivity contribution in [2.75, 3.05) is 13.2 Å². The van der Waals surface area contributed by atoms with Gasteiger partial charge in [0, 0.05) is 0 Å². The number of esters is 2. The summed E-state index contributed by atoms with van der Waals surface area (Å²) >= 11 is 0. The van der Waals surface area contributed by atoms with E-state index in [9.17, 15) is 22.6 Å². The van der Waals surface area contributed by atoms with Crippen LogP contribution in [0.3, 0.4) is 0 Å². The second-order valence-electron chi connectivity index (χ2n) is 18.5. The Morgan fingerprint density at radius 2 is 0.677 bits per heavy atom. The van der Waals surface area contributed by atoms with Crippen molar-refractivity contribution >= 4 is 22.1 Å². The topological polar surface area (TPSA) is 110 Å². The van der Waals surface area contributed by atoms with Gasteiger partial charge in [-0.25, -0.2) is 18.0 Å². The van der Waals surface area contributed by atoms with Crippen molar-refractivity contribution in [3.05, 3.63) is 53.6 Å². The Bertz CT molecular complexity index is 1410. The van der Waals surface area contributed by atoms with E-state index in [4.69, 9.17) is 9.47 Å². The van der Waals surface area contributed by atoms with Gasteiger partial charge in [0.05, 0.1) is 29.2 Å². The number of unbranched alkanes of at least 4 members (excludes halogenated alkanes) is 36. The van der Waals surface area contributed by atoms with Gasteiger partial charge in [0.2, 0.25) is 0 Å². The van der Waals surface area contributed by atoms with Crippen LogP contribution in [0.25, 0.3) is 0 Å². The fourth-order valence-corrected chi connectivity index (χ4v) is 8.96. The molecule has 0 spiro atoms. The number of hydrogen-bond donors (Lipinski definition) is 0. The van der Waals surface area contributed by atoms with Crippen LogP contribution in [0.15, 0.2) is 47.4 Å². The molecule has 0 N–H and O–H groups in total. The molecule has 1 aromatic carbocycles. The van der Waals surface area contributed by atoms with Gasteiger partial charge < -0.3 is 14.0 Å². The number of benzene rings is 1. The van der Waals surface area contributed by atoms with Crippen molar-refractivity contribution in [2.45, 2.75) is 276 Å². The maximum Gasteiger partial charge on any atom is 1.00 e. The summed E-state index contributed by atoms with van der Waals surface area (Å²) in [6.45, 7) is 4.76. The van der Waals surface area contributed by atoms with Gasteiger partial charge in [-0.1, -0.05) is 244 Å². The van der Waals surface area contributed by atoms with Gasteiger partial charge in [0.1, 0.15) is 10.1 Å². The van der Waals surface area contributed by atoms with Gasteiger partial charge >= 0.3 is 41.5 Å². The molecule has 0 saturated carbocycles. The minimum absolute atomic E-state index is 0. The molecule has 7 nitrogen and oxygen atoms in total. The molecule has 0 amide bonds. The molecule has 0 heterocycles. The molecule has 1 rings (SSSR count). The summed E-state index contributed by atoms with van der Waals surface area (Å²) in [6.07, 6.45) is 59.5. The third-order valence-corrected chi connectivity index (χ3v) is 13.4. The van der Waals surface area contributed by atoms with Crippen molar-refractivity contribution in [3.63, 3.8) is 0 Å². The monoisotopic (exact) mass is 937 g/mol. The second kappa shape index (κ2) is 47.6. The van der Waals surface area contributed by atoms with Gasteiger partial charge in [-0.2, -0.15) is 0 Å². The molecule has 0 unspecified atom stereocenters. The molecule has 0 bridgehead atoms. The predicted molar refractivity (Wildman–Crippen MR) is 269 cm³/mol. The summed E-state index contributed by atoms with van der Waals surface area (Å²) in [7, 11) is -4.82. The van der Waals surface area contributed by atoms with Gasteiger partial charge in [-0.3, -0.25) is 0 Å². The van der Waals surface area contributed by atoms with Crippen LogP contribution in [-0.2, 0) is 19.6 Å². The first-order valence-corrected chi connectivity index (χ1v) is 28.5. The van der Waals surface area contributed by atoms with Gasteiger partial charge in [0.15, 0.2) is 0 Å². The van der Waals surface area contributed by atoms with E-state index < -0.39 is 27.0 Å². The Labute approximate surface area is 423 Å². The van der Waals surface area contributed by atoms with Gasteiger partial charge in [-0.15, -0.1) is 0 Å². The molecule has 370 valence electrons. The first kappa shape index (κ1) is 63.5. The molecule has 0 aliphatic carbocycles. The van der Waals surface area contributed by atoms with Crippen molar-refractivity contribution in [1.82, 2.24) is 0 Å². The number of rotatable bonds is 47. The van der Waals surface area contributed by atoms with E-state index in [0.29, 0.717) is 12.8 Å². The van der Waals surface area contributed by atoms with Crippen molar-refractivity contribution in [2.24, 2.45) is 0 Å². The summed E-state index contributed by atoms with van der Waals surface area (Å²) in [6, 6.07) is 3.17. The summed E-state index contributed by atoms with van der Waals surface area (Å²) in [4.78, 5) is 25.4. The van der Waals surface area contributed by atoms with Gasteiger partial charge in [-0.05, 0) is 69.6 Å². The van der Waals surface area contributed by atoms with E-state index >= 15 is 0 Å². The molecule has 0 atom stereocenters. The molecular weight excluding hydrogens is 840 g/mol. The van der Waals surface area contributed by atoms with Crippen molar-refractivity contribution in [1.29, 1.82) is 0 Å². The van der Waals surface area contributed by atoms with Crippen LogP contribution < -0.4 is 29.6 Å². The smallest absolute Gasteiger partial charge is 0.744 e. The normalized spacial score (nSPS) is 11.7. The van der Waals surface area contributed by atoms with Crippen LogP contribution in [0.4, 0.5) is 0 Å². The number of carbonyl (C=O) groups excluding carboxylic acids is 2. The van der Waals surface area contributed by atoms with Crippen molar-refractivity contribution in [3.8, 4) is 0 Å². The zero-order valence-electron chi connectivity index (χ0n) is 42.5. The Balaban J connectivity index is 0.0000410. The number of ether oxygens (including phenoxy) is 2. The molecular formula is C56H97NaO7S. The summed E-state index contributed by atoms with van der Waals surface area (Å²) in [5.41, 5.74) is -0.326. The fourth-order valence-electron chi connectivity index (χ4n) is 8.47. The van der Waals surface area contributed by atoms with E-state index in [0.717, 1.165) is 57.1 Å². The first-order valence-electron chi connectivity index (χ1n) is 27.0. The number of allylic oxidation sites excluding steroid dienone is 4. The molecule has 9 heteroatoms. The van der Waals surface area contributed by atoms with E-state index in [1.807, 2.05) is 0 Å². The minimum Gasteiger partial charge on any atom is -0.744 e. The SMILES string of the molecule is CC/C=C/CCCCCCCCCCCCCCCCCCCCOC(=O)c1ccc(S(=O)(=O)[O-])cc1C(=O)OCCCCCCCCCCCCCCCCCCCC/C=C/CC.[Na+]. The molecule has 0 saturated heterocycles. The quantitative estimate of drug-likeness (QED) is 0.0210. The zero-order valence-corrected chi connectivity index (χ0v) is 45.3. The third-order valence-electron chi connectivity index (χ3n) is 12.5. The predicted octanol–water partition coefficient (Wildman–Crippen LogP) is 14.7. The summed E-state index contributed by atoms with van der Waals surface area (Å²) < 4.78 is 46.0. The average molecular weight is 937 g/mol. The maximum atomic E-state index is 13.0. The summed E-state index contributed by atoms with van der Waals surface area (Å²) in [5.74, 6) is -1.53. The molecule has 0 aromatic heterocycles. The second-order valence-corrected chi connectivity index (χ2v) is 19.9. The Kier molecular flexibility index (Phi) is 46.5.